The van der Waals surface area contributed by atoms with Crippen LogP contribution >= 0.6 is 0 Å². The molecule has 1 atom stereocenters. The number of rotatable bonds is 9. The summed E-state index contributed by atoms with van der Waals surface area (Å²) in [5.74, 6) is -1.62. The molecule has 0 aliphatic heterocycles. The summed E-state index contributed by atoms with van der Waals surface area (Å²) in [5, 5.41) is 11.8. The number of fused-ring (bicyclic) bond motifs is 3. The Balaban J connectivity index is 1.60. The quantitative estimate of drug-likeness (QED) is 0.561. The first-order chi connectivity index (χ1) is 16.1. The minimum Gasteiger partial charge on any atom is -0.481 e. The molecule has 2 N–H and O–H groups in total. The molecule has 0 saturated carbocycles. The van der Waals surface area contributed by atoms with Gasteiger partial charge in [0.2, 0.25) is 5.91 Å². The summed E-state index contributed by atoms with van der Waals surface area (Å²) in [4.78, 5) is 38.3. The fourth-order valence-electron chi connectivity index (χ4n) is 4.47. The number of alkyl carbamates (subject to hydrolysis) is 1. The van der Waals surface area contributed by atoms with E-state index < -0.39 is 23.5 Å². The van der Waals surface area contributed by atoms with E-state index in [1.807, 2.05) is 52.0 Å². The van der Waals surface area contributed by atoms with Crippen LogP contribution in [0.5, 0.6) is 0 Å². The summed E-state index contributed by atoms with van der Waals surface area (Å²) < 4.78 is 5.57. The van der Waals surface area contributed by atoms with E-state index in [-0.39, 0.29) is 37.9 Å². The van der Waals surface area contributed by atoms with Gasteiger partial charge in [-0.05, 0) is 49.4 Å². The summed E-state index contributed by atoms with van der Waals surface area (Å²) in [6, 6.07) is 16.3. The molecule has 7 heteroatoms. The lowest BCUT2D eigenvalue weighted by molar-refractivity contribution is -0.143. The molecule has 1 aliphatic carbocycles. The highest BCUT2D eigenvalue weighted by Gasteiger charge is 2.32. The Morgan fingerprint density at radius 2 is 1.59 bits per heavy atom. The van der Waals surface area contributed by atoms with Gasteiger partial charge >= 0.3 is 12.1 Å². The molecule has 182 valence electrons. The van der Waals surface area contributed by atoms with Crippen LogP contribution in [0, 0.1) is 5.92 Å². The molecule has 1 unspecified atom stereocenters. The number of carbonyl (C=O) groups excluding carboxylic acids is 2. The van der Waals surface area contributed by atoms with Crippen LogP contribution in [-0.4, -0.2) is 53.2 Å². The van der Waals surface area contributed by atoms with E-state index in [0.717, 1.165) is 22.3 Å². The van der Waals surface area contributed by atoms with Gasteiger partial charge in [0.05, 0.1) is 12.3 Å². The minimum atomic E-state index is -0.952. The number of ether oxygens (including phenoxy) is 1. The Morgan fingerprint density at radius 3 is 2.09 bits per heavy atom. The van der Waals surface area contributed by atoms with Crippen LogP contribution in [0.2, 0.25) is 0 Å². The monoisotopic (exact) mass is 466 g/mol. The van der Waals surface area contributed by atoms with Crippen molar-refractivity contribution in [3.63, 3.8) is 0 Å². The third-order valence-electron chi connectivity index (χ3n) is 6.30. The molecular formula is C27H34N2O5. The Bertz CT molecular complexity index is 998. The minimum absolute atomic E-state index is 0.0332. The van der Waals surface area contributed by atoms with Crippen LogP contribution in [0.4, 0.5) is 4.79 Å². The molecule has 0 heterocycles. The molecule has 2 aromatic rings. The predicted molar refractivity (Wildman–Crippen MR) is 131 cm³/mol. The first kappa shape index (κ1) is 25.3. The zero-order chi connectivity index (χ0) is 24.9. The molecule has 0 saturated heterocycles. The van der Waals surface area contributed by atoms with Crippen molar-refractivity contribution in [3.05, 3.63) is 59.7 Å². The summed E-state index contributed by atoms with van der Waals surface area (Å²) >= 11 is 0. The van der Waals surface area contributed by atoms with Crippen molar-refractivity contribution in [1.82, 2.24) is 10.2 Å². The van der Waals surface area contributed by atoms with E-state index in [2.05, 4.69) is 29.6 Å². The fourth-order valence-corrected chi connectivity index (χ4v) is 4.47. The van der Waals surface area contributed by atoms with E-state index in [0.29, 0.717) is 6.42 Å². The molecular weight excluding hydrogens is 432 g/mol. The number of nitrogens with zero attached hydrogens (tertiary/aromatic N) is 1. The van der Waals surface area contributed by atoms with Crippen LogP contribution in [0.25, 0.3) is 11.1 Å². The van der Waals surface area contributed by atoms with Gasteiger partial charge < -0.3 is 20.1 Å². The van der Waals surface area contributed by atoms with E-state index in [9.17, 15) is 14.4 Å². The lowest BCUT2D eigenvalue weighted by Gasteiger charge is -2.37. The lowest BCUT2D eigenvalue weighted by Crippen LogP contribution is -2.51. The highest BCUT2D eigenvalue weighted by atomic mass is 16.5. The molecule has 0 spiro atoms. The molecule has 0 bridgehead atoms. The van der Waals surface area contributed by atoms with Gasteiger partial charge in [-0.1, -0.05) is 55.5 Å². The largest absolute Gasteiger partial charge is 0.481 e. The van der Waals surface area contributed by atoms with Crippen molar-refractivity contribution in [3.8, 4) is 11.1 Å². The van der Waals surface area contributed by atoms with Crippen molar-refractivity contribution in [2.24, 2.45) is 5.92 Å². The second-order valence-corrected chi connectivity index (χ2v) is 9.62. The number of hydrogen-bond donors (Lipinski definition) is 2. The molecule has 0 radical (unpaired) electrons. The number of amides is 2. The van der Waals surface area contributed by atoms with Gasteiger partial charge in [-0.15, -0.1) is 0 Å². The number of carboxylic acid groups (broad SMARTS) is 1. The Hall–Kier alpha value is -3.35. The zero-order valence-corrected chi connectivity index (χ0v) is 20.3. The maximum atomic E-state index is 13.1. The van der Waals surface area contributed by atoms with Gasteiger partial charge in [-0.25, -0.2) is 4.79 Å². The Kier molecular flexibility index (Phi) is 7.97. The molecule has 0 fully saturated rings. The Labute approximate surface area is 201 Å². The smallest absolute Gasteiger partial charge is 0.407 e. The number of nitrogens with one attached hydrogen (secondary N) is 1. The third kappa shape index (κ3) is 5.76. The second-order valence-electron chi connectivity index (χ2n) is 9.62. The van der Waals surface area contributed by atoms with E-state index in [1.54, 1.807) is 4.90 Å². The average molecular weight is 467 g/mol. The fraction of sp³-hybridized carbons (Fsp3) is 0.444. The normalized spacial score (nSPS) is 13.5. The summed E-state index contributed by atoms with van der Waals surface area (Å²) in [7, 11) is 0. The van der Waals surface area contributed by atoms with Gasteiger partial charge in [0.15, 0.2) is 0 Å². The van der Waals surface area contributed by atoms with Gasteiger partial charge in [0.1, 0.15) is 6.61 Å². The maximum Gasteiger partial charge on any atom is 0.407 e. The summed E-state index contributed by atoms with van der Waals surface area (Å²) in [5.41, 5.74) is 4.07. The van der Waals surface area contributed by atoms with Crippen molar-refractivity contribution in [1.29, 1.82) is 0 Å². The molecule has 1 aliphatic rings. The van der Waals surface area contributed by atoms with Gasteiger partial charge in [-0.2, -0.15) is 0 Å². The zero-order valence-electron chi connectivity index (χ0n) is 20.3. The number of benzene rings is 2. The molecule has 0 aromatic heterocycles. The van der Waals surface area contributed by atoms with Crippen LogP contribution in [-0.2, 0) is 14.3 Å². The van der Waals surface area contributed by atoms with Crippen molar-refractivity contribution in [2.75, 3.05) is 19.7 Å². The highest BCUT2D eigenvalue weighted by Crippen LogP contribution is 2.44. The number of carboxylic acids is 1. The van der Waals surface area contributed by atoms with Gasteiger partial charge in [-0.3, -0.25) is 9.59 Å². The van der Waals surface area contributed by atoms with Gasteiger partial charge in [0.25, 0.3) is 0 Å². The Morgan fingerprint density at radius 1 is 1.03 bits per heavy atom. The number of hydrogen-bond acceptors (Lipinski definition) is 4. The standard InChI is InChI=1S/C27H34N2O5/c1-5-18(25(32)29(27(2,3)4)15-14-24(30)31)16-28-26(33)34-17-23-21-12-8-6-10-19(21)20-11-7-9-13-22(20)23/h6-13,18,23H,5,14-17H2,1-4H3,(H,28,33)(H,30,31). The van der Waals surface area contributed by atoms with Crippen molar-refractivity contribution in [2.45, 2.75) is 52.0 Å². The van der Waals surface area contributed by atoms with Crippen LogP contribution in [0.1, 0.15) is 57.6 Å². The molecule has 34 heavy (non-hydrogen) atoms. The molecule has 7 nitrogen and oxygen atoms in total. The molecule has 3 rings (SSSR count). The van der Waals surface area contributed by atoms with Gasteiger partial charge in [0, 0.05) is 24.5 Å². The summed E-state index contributed by atoms with van der Waals surface area (Å²) in [6.07, 6.45) is -0.178. The van der Waals surface area contributed by atoms with Crippen molar-refractivity contribution < 1.29 is 24.2 Å². The van der Waals surface area contributed by atoms with E-state index in [1.165, 1.54) is 0 Å². The highest BCUT2D eigenvalue weighted by molar-refractivity contribution is 5.81. The maximum absolute atomic E-state index is 13.1. The topological polar surface area (TPSA) is 95.9 Å². The third-order valence-corrected chi connectivity index (χ3v) is 6.30. The molecule has 2 aromatic carbocycles. The molecule has 2 amide bonds. The van der Waals surface area contributed by atoms with Crippen LogP contribution in [0.15, 0.2) is 48.5 Å². The second kappa shape index (κ2) is 10.7. The first-order valence-electron chi connectivity index (χ1n) is 11.8. The SMILES string of the molecule is CCC(CNC(=O)OCC1c2ccccc2-c2ccccc21)C(=O)N(CCC(=O)O)C(C)(C)C. The summed E-state index contributed by atoms with van der Waals surface area (Å²) in [6.45, 7) is 7.96. The first-order valence-corrected chi connectivity index (χ1v) is 11.8. The number of aliphatic carboxylic acids is 1. The van der Waals surface area contributed by atoms with E-state index in [4.69, 9.17) is 9.84 Å². The van der Waals surface area contributed by atoms with E-state index >= 15 is 0 Å². The van der Waals surface area contributed by atoms with Crippen molar-refractivity contribution >= 4 is 18.0 Å². The van der Waals surface area contributed by atoms with Crippen LogP contribution in [0.3, 0.4) is 0 Å². The average Bonchev–Trinajstić information content (AvgIpc) is 3.11. The number of carbonyl (C=O) groups is 3. The predicted octanol–water partition coefficient (Wildman–Crippen LogP) is 4.65. The van der Waals surface area contributed by atoms with Crippen LogP contribution < -0.4 is 5.32 Å². The lowest BCUT2D eigenvalue weighted by atomic mass is 9.98.